The molecular weight excluding hydrogens is 148 g/mol. The lowest BCUT2D eigenvalue weighted by Gasteiger charge is -2.24. The molecule has 1 rings (SSSR count). The SMILES string of the molecule is CC(C)(C(=O)[O-])n1cnnn1. The molecule has 0 aromatic carbocycles. The van der Waals surface area contributed by atoms with Gasteiger partial charge >= 0.3 is 0 Å². The van der Waals surface area contributed by atoms with E-state index in [4.69, 9.17) is 0 Å². The van der Waals surface area contributed by atoms with Gasteiger partial charge in [0, 0.05) is 0 Å². The van der Waals surface area contributed by atoms with Crippen molar-refractivity contribution in [2.75, 3.05) is 0 Å². The molecule has 0 aliphatic rings. The molecule has 0 saturated carbocycles. The molecule has 0 aliphatic carbocycles. The van der Waals surface area contributed by atoms with Crippen LogP contribution in [0.2, 0.25) is 0 Å². The third-order valence-corrected chi connectivity index (χ3v) is 1.42. The van der Waals surface area contributed by atoms with Crippen molar-refractivity contribution in [3.05, 3.63) is 6.33 Å². The lowest BCUT2D eigenvalue weighted by molar-refractivity contribution is -0.316. The number of hydrogen-bond acceptors (Lipinski definition) is 5. The van der Waals surface area contributed by atoms with Crippen LogP contribution in [0.25, 0.3) is 0 Å². The van der Waals surface area contributed by atoms with E-state index in [-0.39, 0.29) is 0 Å². The van der Waals surface area contributed by atoms with Crippen molar-refractivity contribution in [1.29, 1.82) is 0 Å². The fourth-order valence-electron chi connectivity index (χ4n) is 0.511. The Hall–Kier alpha value is -1.46. The molecule has 1 heterocycles. The number of carboxylic acid groups (broad SMARTS) is 1. The summed E-state index contributed by atoms with van der Waals surface area (Å²) >= 11 is 0. The van der Waals surface area contributed by atoms with E-state index in [1.165, 1.54) is 20.2 Å². The Kier molecular flexibility index (Phi) is 1.60. The molecule has 0 radical (unpaired) electrons. The summed E-state index contributed by atoms with van der Waals surface area (Å²) in [7, 11) is 0. The van der Waals surface area contributed by atoms with Crippen molar-refractivity contribution in [2.24, 2.45) is 0 Å². The Morgan fingerprint density at radius 2 is 2.27 bits per heavy atom. The molecule has 0 amide bonds. The molecule has 11 heavy (non-hydrogen) atoms. The molecule has 0 N–H and O–H groups in total. The minimum atomic E-state index is -1.22. The monoisotopic (exact) mass is 155 g/mol. The van der Waals surface area contributed by atoms with Gasteiger partial charge < -0.3 is 9.90 Å². The average Bonchev–Trinajstić information content (AvgIpc) is 2.37. The van der Waals surface area contributed by atoms with Crippen LogP contribution >= 0.6 is 0 Å². The normalized spacial score (nSPS) is 11.5. The Labute approximate surface area is 62.8 Å². The summed E-state index contributed by atoms with van der Waals surface area (Å²) in [4.78, 5) is 10.5. The number of aromatic nitrogens is 4. The van der Waals surface area contributed by atoms with Gasteiger partial charge in [-0.1, -0.05) is 0 Å². The first-order valence-corrected chi connectivity index (χ1v) is 3.00. The second-order valence-electron chi connectivity index (χ2n) is 2.60. The summed E-state index contributed by atoms with van der Waals surface area (Å²) in [5, 5.41) is 20.6. The van der Waals surface area contributed by atoms with Crippen LogP contribution in [0.5, 0.6) is 0 Å². The van der Waals surface area contributed by atoms with Gasteiger partial charge in [0.25, 0.3) is 0 Å². The number of nitrogens with zero attached hydrogens (tertiary/aromatic N) is 4. The minimum Gasteiger partial charge on any atom is -0.548 e. The lowest BCUT2D eigenvalue weighted by Crippen LogP contribution is -2.46. The van der Waals surface area contributed by atoms with E-state index in [2.05, 4.69) is 15.5 Å². The van der Waals surface area contributed by atoms with Crippen molar-refractivity contribution in [1.82, 2.24) is 20.2 Å². The number of aliphatic carboxylic acids is 1. The number of hydrogen-bond donors (Lipinski definition) is 0. The summed E-state index contributed by atoms with van der Waals surface area (Å²) in [5.41, 5.74) is -1.19. The highest BCUT2D eigenvalue weighted by Crippen LogP contribution is 2.09. The molecule has 60 valence electrons. The molecule has 0 bridgehead atoms. The number of carboxylic acids is 1. The Morgan fingerprint density at radius 1 is 1.64 bits per heavy atom. The molecule has 1 aromatic heterocycles. The van der Waals surface area contributed by atoms with E-state index in [1.807, 2.05) is 0 Å². The highest BCUT2D eigenvalue weighted by molar-refractivity contribution is 5.73. The number of carbonyl (C=O) groups excluding carboxylic acids is 1. The number of tetrazole rings is 1. The Bertz CT molecular complexity index is 253. The van der Waals surface area contributed by atoms with Crippen LogP contribution in [-0.4, -0.2) is 26.2 Å². The summed E-state index contributed by atoms with van der Waals surface area (Å²) in [6.45, 7) is 2.91. The first-order valence-electron chi connectivity index (χ1n) is 3.00. The zero-order valence-corrected chi connectivity index (χ0v) is 6.18. The van der Waals surface area contributed by atoms with Crippen LogP contribution in [-0.2, 0) is 10.3 Å². The maximum absolute atomic E-state index is 10.5. The first-order chi connectivity index (χ1) is 5.05. The van der Waals surface area contributed by atoms with Crippen LogP contribution < -0.4 is 5.11 Å². The van der Waals surface area contributed by atoms with Gasteiger partial charge in [-0.05, 0) is 24.3 Å². The first kappa shape index (κ1) is 7.64. The van der Waals surface area contributed by atoms with Crippen LogP contribution in [0.3, 0.4) is 0 Å². The van der Waals surface area contributed by atoms with Gasteiger partial charge in [0.05, 0.1) is 11.5 Å². The third-order valence-electron chi connectivity index (χ3n) is 1.42. The summed E-state index contributed by atoms with van der Waals surface area (Å²) < 4.78 is 1.13. The van der Waals surface area contributed by atoms with Gasteiger partial charge in [0.1, 0.15) is 6.33 Å². The fourth-order valence-corrected chi connectivity index (χ4v) is 0.511. The standard InChI is InChI=1S/C5H8N4O2/c1-5(2,4(10)11)9-3-6-7-8-9/h3H,1-2H3,(H,10,11)/p-1. The van der Waals surface area contributed by atoms with Crippen LogP contribution in [0, 0.1) is 0 Å². The Morgan fingerprint density at radius 3 is 2.64 bits per heavy atom. The molecule has 0 fully saturated rings. The zero-order valence-electron chi connectivity index (χ0n) is 6.18. The minimum absolute atomic E-state index is 1.13. The van der Waals surface area contributed by atoms with E-state index in [0.717, 1.165) is 4.68 Å². The lowest BCUT2D eigenvalue weighted by atomic mass is 10.1. The molecule has 1 aromatic rings. The van der Waals surface area contributed by atoms with Crippen LogP contribution in [0.15, 0.2) is 6.33 Å². The van der Waals surface area contributed by atoms with Crippen molar-refractivity contribution < 1.29 is 9.90 Å². The number of rotatable bonds is 2. The molecular formula is C5H7N4O2-. The zero-order chi connectivity index (χ0) is 8.48. The van der Waals surface area contributed by atoms with Crippen molar-refractivity contribution in [3.63, 3.8) is 0 Å². The maximum atomic E-state index is 10.5. The summed E-state index contributed by atoms with van der Waals surface area (Å²) in [6.07, 6.45) is 1.23. The molecule has 6 nitrogen and oxygen atoms in total. The van der Waals surface area contributed by atoms with E-state index in [1.54, 1.807) is 0 Å². The molecule has 0 saturated heterocycles. The topological polar surface area (TPSA) is 83.7 Å². The molecule has 0 spiro atoms. The molecule has 0 unspecified atom stereocenters. The maximum Gasteiger partial charge on any atom is 0.139 e. The third kappa shape index (κ3) is 1.19. The van der Waals surface area contributed by atoms with Crippen LogP contribution in [0.4, 0.5) is 0 Å². The fraction of sp³-hybridized carbons (Fsp3) is 0.600. The van der Waals surface area contributed by atoms with Gasteiger partial charge in [0.2, 0.25) is 0 Å². The van der Waals surface area contributed by atoms with E-state index >= 15 is 0 Å². The second-order valence-corrected chi connectivity index (χ2v) is 2.60. The van der Waals surface area contributed by atoms with E-state index in [9.17, 15) is 9.90 Å². The average molecular weight is 155 g/mol. The predicted molar refractivity (Wildman–Crippen MR) is 32.1 cm³/mol. The molecule has 6 heteroatoms. The van der Waals surface area contributed by atoms with E-state index in [0.29, 0.717) is 0 Å². The van der Waals surface area contributed by atoms with Gasteiger partial charge in [-0.3, -0.25) is 0 Å². The second kappa shape index (κ2) is 2.30. The predicted octanol–water partition coefficient (Wildman–Crippen LogP) is -1.84. The summed E-state index contributed by atoms with van der Waals surface area (Å²) in [6, 6.07) is 0. The molecule has 0 atom stereocenters. The summed E-state index contributed by atoms with van der Waals surface area (Å²) in [5.74, 6) is -1.22. The van der Waals surface area contributed by atoms with Crippen LogP contribution in [0.1, 0.15) is 13.8 Å². The molecule has 0 aliphatic heterocycles. The highest BCUT2D eigenvalue weighted by Gasteiger charge is 2.22. The smallest absolute Gasteiger partial charge is 0.139 e. The van der Waals surface area contributed by atoms with Gasteiger partial charge in [-0.25, -0.2) is 4.68 Å². The quantitative estimate of drug-likeness (QED) is 0.501. The van der Waals surface area contributed by atoms with Gasteiger partial charge in [-0.15, -0.1) is 5.10 Å². The largest absolute Gasteiger partial charge is 0.548 e. The Balaban J connectivity index is 3.00. The number of carbonyl (C=O) groups is 1. The van der Waals surface area contributed by atoms with E-state index < -0.39 is 11.5 Å². The van der Waals surface area contributed by atoms with Crippen molar-refractivity contribution in [3.8, 4) is 0 Å². The van der Waals surface area contributed by atoms with Crippen molar-refractivity contribution in [2.45, 2.75) is 19.4 Å². The van der Waals surface area contributed by atoms with Crippen molar-refractivity contribution >= 4 is 5.97 Å². The highest BCUT2D eigenvalue weighted by atomic mass is 16.4. The van der Waals surface area contributed by atoms with Gasteiger partial charge in [-0.2, -0.15) is 0 Å². The van der Waals surface area contributed by atoms with Gasteiger partial charge in [0.15, 0.2) is 0 Å².